The lowest BCUT2D eigenvalue weighted by Crippen LogP contribution is -2.30. The topological polar surface area (TPSA) is 58.6 Å². The molecule has 2 aromatic carbocycles. The first kappa shape index (κ1) is 23.4. The summed E-state index contributed by atoms with van der Waals surface area (Å²) in [4.78, 5) is 25.8. The molecular formula is C22H27BrN2O3S. The Kier molecular flexibility index (Phi) is 10.2. The highest BCUT2D eigenvalue weighted by molar-refractivity contribution is 9.10. The molecule has 7 heteroatoms. The summed E-state index contributed by atoms with van der Waals surface area (Å²) in [6, 6.07) is 15.6. The van der Waals surface area contributed by atoms with Gasteiger partial charge in [-0.15, -0.1) is 0 Å². The quantitative estimate of drug-likeness (QED) is 0.364. The van der Waals surface area contributed by atoms with Crippen LogP contribution in [0.5, 0.6) is 5.75 Å². The van der Waals surface area contributed by atoms with Crippen LogP contribution in [0.2, 0.25) is 0 Å². The lowest BCUT2D eigenvalue weighted by atomic mass is 10.1. The number of carbonyl (C=O) groups is 2. The highest BCUT2D eigenvalue weighted by Crippen LogP contribution is 2.30. The first-order chi connectivity index (χ1) is 14.0. The number of benzene rings is 2. The molecule has 0 bridgehead atoms. The predicted molar refractivity (Wildman–Crippen MR) is 123 cm³/mol. The Hall–Kier alpha value is -1.83. The van der Waals surface area contributed by atoms with Gasteiger partial charge in [0, 0.05) is 23.7 Å². The van der Waals surface area contributed by atoms with Crippen molar-refractivity contribution < 1.29 is 14.3 Å². The zero-order valence-electron chi connectivity index (χ0n) is 16.8. The number of unbranched alkanes of at least 4 members (excludes halogenated alkanes) is 1. The number of nitrogens with one attached hydrogen (secondary N) is 1. The molecular weight excluding hydrogens is 452 g/mol. The lowest BCUT2D eigenvalue weighted by molar-refractivity contribution is -0.118. The van der Waals surface area contributed by atoms with E-state index in [0.717, 1.165) is 35.1 Å². The molecule has 0 saturated carbocycles. The second-order valence-electron chi connectivity index (χ2n) is 6.52. The van der Waals surface area contributed by atoms with E-state index in [9.17, 15) is 9.59 Å². The number of ether oxygens (including phenoxy) is 1. The van der Waals surface area contributed by atoms with Gasteiger partial charge in [-0.1, -0.05) is 52.0 Å². The van der Waals surface area contributed by atoms with E-state index < -0.39 is 0 Å². The summed E-state index contributed by atoms with van der Waals surface area (Å²) in [5.41, 5.74) is 1.82. The van der Waals surface area contributed by atoms with Gasteiger partial charge in [0.2, 0.25) is 5.91 Å². The largest absolute Gasteiger partial charge is 0.495 e. The molecule has 2 aromatic rings. The molecule has 1 N–H and O–H groups in total. The summed E-state index contributed by atoms with van der Waals surface area (Å²) < 4.78 is 6.47. The number of para-hydroxylation sites is 2. The van der Waals surface area contributed by atoms with Crippen LogP contribution in [0.15, 0.2) is 53.0 Å². The number of nitrogens with zero attached hydrogens (tertiary/aromatic N) is 1. The fourth-order valence-electron chi connectivity index (χ4n) is 2.86. The van der Waals surface area contributed by atoms with Crippen LogP contribution in [0.3, 0.4) is 0 Å². The minimum Gasteiger partial charge on any atom is -0.495 e. The summed E-state index contributed by atoms with van der Waals surface area (Å²) in [6.07, 6.45) is 2.11. The van der Waals surface area contributed by atoms with Gasteiger partial charge >= 0.3 is 0 Å². The number of halogens is 1. The van der Waals surface area contributed by atoms with Gasteiger partial charge in [0.15, 0.2) is 5.12 Å². The summed E-state index contributed by atoms with van der Waals surface area (Å²) in [7, 11) is 1.62. The van der Waals surface area contributed by atoms with Crippen LogP contribution in [0.4, 0.5) is 5.69 Å². The van der Waals surface area contributed by atoms with Crippen LogP contribution in [0, 0.1) is 0 Å². The van der Waals surface area contributed by atoms with Crippen molar-refractivity contribution in [2.24, 2.45) is 0 Å². The van der Waals surface area contributed by atoms with E-state index in [1.165, 1.54) is 11.8 Å². The molecule has 0 heterocycles. The molecule has 0 aliphatic carbocycles. The zero-order chi connectivity index (χ0) is 21.1. The zero-order valence-corrected chi connectivity index (χ0v) is 19.2. The Labute approximate surface area is 185 Å². The molecule has 0 radical (unpaired) electrons. The maximum absolute atomic E-state index is 13.1. The molecule has 1 amide bonds. The predicted octanol–water partition coefficient (Wildman–Crippen LogP) is 4.99. The third-order valence-electron chi connectivity index (χ3n) is 4.28. The minimum absolute atomic E-state index is 0.0626. The Morgan fingerprint density at radius 1 is 1.14 bits per heavy atom. The Morgan fingerprint density at radius 3 is 2.66 bits per heavy atom. The van der Waals surface area contributed by atoms with Crippen LogP contribution in [-0.4, -0.2) is 30.6 Å². The van der Waals surface area contributed by atoms with Crippen LogP contribution in [0.1, 0.15) is 31.7 Å². The van der Waals surface area contributed by atoms with Crippen molar-refractivity contribution in [3.8, 4) is 5.75 Å². The van der Waals surface area contributed by atoms with Crippen LogP contribution in [-0.2, 0) is 16.1 Å². The normalized spacial score (nSPS) is 10.6. The standard InChI is InChI=1S/C22H27BrN2O3S/c1-17(26)29-16-24-13-6-5-12-22(27)25(15-18-8-7-9-19(23)14-18)20-10-3-4-11-21(20)28-2/h3-4,7-11,14,24H,5-6,12-13,15-16H2,1-2H3. The molecule has 0 aliphatic heterocycles. The van der Waals surface area contributed by atoms with Crippen molar-refractivity contribution in [1.29, 1.82) is 0 Å². The number of carbonyl (C=O) groups excluding carboxylic acids is 2. The average molecular weight is 479 g/mol. The number of anilines is 1. The first-order valence-corrected chi connectivity index (χ1v) is 11.3. The van der Waals surface area contributed by atoms with E-state index in [-0.39, 0.29) is 11.0 Å². The molecule has 156 valence electrons. The van der Waals surface area contributed by atoms with Gasteiger partial charge in [0.25, 0.3) is 0 Å². The number of thioether (sulfide) groups is 1. The highest BCUT2D eigenvalue weighted by Gasteiger charge is 2.19. The monoisotopic (exact) mass is 478 g/mol. The second-order valence-corrected chi connectivity index (χ2v) is 8.59. The Morgan fingerprint density at radius 2 is 1.93 bits per heavy atom. The molecule has 0 unspecified atom stereocenters. The van der Waals surface area contributed by atoms with Crippen molar-refractivity contribution in [3.05, 3.63) is 58.6 Å². The summed E-state index contributed by atoms with van der Waals surface area (Å²) in [5, 5.41) is 3.31. The molecule has 0 atom stereocenters. The number of rotatable bonds is 11. The van der Waals surface area contributed by atoms with Gasteiger partial charge in [-0.3, -0.25) is 9.59 Å². The van der Waals surface area contributed by atoms with E-state index in [4.69, 9.17) is 4.74 Å². The molecule has 5 nitrogen and oxygen atoms in total. The van der Waals surface area contributed by atoms with Crippen LogP contribution in [0.25, 0.3) is 0 Å². The van der Waals surface area contributed by atoms with E-state index in [1.807, 2.05) is 48.5 Å². The van der Waals surface area contributed by atoms with E-state index in [0.29, 0.717) is 24.6 Å². The molecule has 2 rings (SSSR count). The molecule has 0 saturated heterocycles. The average Bonchev–Trinajstić information content (AvgIpc) is 2.71. The number of hydrogen-bond donors (Lipinski definition) is 1. The first-order valence-electron chi connectivity index (χ1n) is 9.53. The van der Waals surface area contributed by atoms with E-state index in [2.05, 4.69) is 21.2 Å². The fourth-order valence-corrected chi connectivity index (χ4v) is 3.76. The van der Waals surface area contributed by atoms with E-state index in [1.54, 1.807) is 18.9 Å². The van der Waals surface area contributed by atoms with Gasteiger partial charge < -0.3 is 15.0 Å². The molecule has 0 fully saturated rings. The van der Waals surface area contributed by atoms with Gasteiger partial charge in [-0.25, -0.2) is 0 Å². The van der Waals surface area contributed by atoms with Crippen molar-refractivity contribution in [2.75, 3.05) is 24.4 Å². The van der Waals surface area contributed by atoms with Gasteiger partial charge in [0.1, 0.15) is 5.75 Å². The molecule has 0 spiro atoms. The number of methoxy groups -OCH3 is 1. The van der Waals surface area contributed by atoms with Gasteiger partial charge in [0.05, 0.1) is 19.3 Å². The Bertz CT molecular complexity index is 816. The molecule has 29 heavy (non-hydrogen) atoms. The number of amides is 1. The van der Waals surface area contributed by atoms with Crippen molar-refractivity contribution in [3.63, 3.8) is 0 Å². The third kappa shape index (κ3) is 8.20. The van der Waals surface area contributed by atoms with Crippen molar-refractivity contribution >= 4 is 44.4 Å². The van der Waals surface area contributed by atoms with Gasteiger partial charge in [-0.05, 0) is 49.2 Å². The van der Waals surface area contributed by atoms with Crippen molar-refractivity contribution in [1.82, 2.24) is 5.32 Å². The summed E-state index contributed by atoms with van der Waals surface area (Å²) >= 11 is 4.76. The van der Waals surface area contributed by atoms with Crippen molar-refractivity contribution in [2.45, 2.75) is 32.7 Å². The van der Waals surface area contributed by atoms with Gasteiger partial charge in [-0.2, -0.15) is 0 Å². The second kappa shape index (κ2) is 12.7. The van der Waals surface area contributed by atoms with E-state index >= 15 is 0 Å². The Balaban J connectivity index is 2.01. The SMILES string of the molecule is COc1ccccc1N(Cc1cccc(Br)c1)C(=O)CCCCNCSC(C)=O. The number of hydrogen-bond acceptors (Lipinski definition) is 5. The van der Waals surface area contributed by atoms with Crippen LogP contribution < -0.4 is 15.0 Å². The lowest BCUT2D eigenvalue weighted by Gasteiger charge is -2.25. The maximum Gasteiger partial charge on any atom is 0.227 e. The smallest absolute Gasteiger partial charge is 0.227 e. The highest BCUT2D eigenvalue weighted by atomic mass is 79.9. The molecule has 0 aliphatic rings. The fraction of sp³-hybridized carbons (Fsp3) is 0.364. The summed E-state index contributed by atoms with van der Waals surface area (Å²) in [6.45, 7) is 2.82. The summed E-state index contributed by atoms with van der Waals surface area (Å²) in [5.74, 6) is 1.35. The van der Waals surface area contributed by atoms with Crippen LogP contribution >= 0.6 is 27.7 Å². The maximum atomic E-state index is 13.1. The third-order valence-corrected chi connectivity index (χ3v) is 5.53. The minimum atomic E-state index is 0.0626. The molecule has 0 aromatic heterocycles.